The summed E-state index contributed by atoms with van der Waals surface area (Å²) in [4.78, 5) is 12.8. The third kappa shape index (κ3) is 6.57. The summed E-state index contributed by atoms with van der Waals surface area (Å²) in [6.45, 7) is 8.62. The number of rotatable bonds is 10. The zero-order valence-electron chi connectivity index (χ0n) is 15.1. The molecule has 126 valence electrons. The van der Waals surface area contributed by atoms with Gasteiger partial charge in [0.2, 0.25) is 0 Å². The molecule has 1 atom stereocenters. The van der Waals surface area contributed by atoms with Crippen molar-refractivity contribution in [3.63, 3.8) is 0 Å². The minimum Gasteiger partial charge on any atom is -0.299 e. The molecule has 0 bridgehead atoms. The Balaban J connectivity index is 3.01. The first-order valence-corrected chi connectivity index (χ1v) is 9.03. The van der Waals surface area contributed by atoms with Crippen molar-refractivity contribution >= 4 is 5.78 Å². The molecule has 1 unspecified atom stereocenters. The molecule has 0 saturated heterocycles. The van der Waals surface area contributed by atoms with Crippen LogP contribution in [-0.2, 0) is 11.2 Å². The van der Waals surface area contributed by atoms with E-state index in [0.29, 0.717) is 29.6 Å². The number of ketones is 1. The van der Waals surface area contributed by atoms with Crippen molar-refractivity contribution in [2.45, 2.75) is 66.2 Å². The van der Waals surface area contributed by atoms with Gasteiger partial charge in [-0.2, -0.15) is 5.26 Å². The lowest BCUT2D eigenvalue weighted by Crippen LogP contribution is -2.27. The molecule has 1 rings (SSSR count). The molecule has 0 heterocycles. The van der Waals surface area contributed by atoms with Crippen LogP contribution in [0.25, 0.3) is 0 Å². The summed E-state index contributed by atoms with van der Waals surface area (Å²) in [6.07, 6.45) is 5.89. The predicted octanol–water partition coefficient (Wildman–Crippen LogP) is 5.55. The first-order chi connectivity index (χ1) is 11.0. The maximum absolute atomic E-state index is 12.8. The van der Waals surface area contributed by atoms with Gasteiger partial charge in [0.1, 0.15) is 5.78 Å². The van der Waals surface area contributed by atoms with E-state index in [1.165, 1.54) is 0 Å². The number of hydrogen-bond donors (Lipinski definition) is 0. The highest BCUT2D eigenvalue weighted by Crippen LogP contribution is 2.29. The summed E-state index contributed by atoms with van der Waals surface area (Å²) < 4.78 is 0. The molecule has 0 amide bonds. The number of hydrogen-bond acceptors (Lipinski definition) is 2. The maximum Gasteiger partial charge on any atom is 0.136 e. The minimum absolute atomic E-state index is 0.0891. The van der Waals surface area contributed by atoms with Crippen LogP contribution in [0.3, 0.4) is 0 Å². The van der Waals surface area contributed by atoms with Gasteiger partial charge in [-0.3, -0.25) is 4.79 Å². The zero-order chi connectivity index (χ0) is 17.2. The number of carbonyl (C=O) groups is 1. The Bertz CT molecular complexity index is 521. The van der Waals surface area contributed by atoms with E-state index in [0.717, 1.165) is 37.7 Å². The first-order valence-electron chi connectivity index (χ1n) is 9.03. The Morgan fingerprint density at radius 1 is 1.17 bits per heavy atom. The number of benzene rings is 1. The molecular weight excluding hydrogens is 282 g/mol. The largest absolute Gasteiger partial charge is 0.299 e. The molecule has 2 nitrogen and oxygen atoms in total. The molecule has 0 radical (unpaired) electrons. The fourth-order valence-electron chi connectivity index (χ4n) is 3.41. The first kappa shape index (κ1) is 19.4. The highest BCUT2D eigenvalue weighted by molar-refractivity contribution is 5.81. The minimum atomic E-state index is 0.0891. The van der Waals surface area contributed by atoms with Crippen molar-refractivity contribution < 1.29 is 4.79 Å². The average Bonchev–Trinajstić information content (AvgIpc) is 2.52. The second-order valence-corrected chi connectivity index (χ2v) is 7.02. The summed E-state index contributed by atoms with van der Waals surface area (Å²) in [7, 11) is 0. The van der Waals surface area contributed by atoms with E-state index in [1.807, 2.05) is 24.3 Å². The Morgan fingerprint density at radius 3 is 2.35 bits per heavy atom. The van der Waals surface area contributed by atoms with Gasteiger partial charge in [-0.05, 0) is 36.0 Å². The van der Waals surface area contributed by atoms with Gasteiger partial charge in [0.15, 0.2) is 0 Å². The molecule has 23 heavy (non-hydrogen) atoms. The predicted molar refractivity (Wildman–Crippen MR) is 96.1 cm³/mol. The van der Waals surface area contributed by atoms with Gasteiger partial charge in [0.25, 0.3) is 0 Å². The lowest BCUT2D eigenvalue weighted by molar-refractivity contribution is -0.125. The molecule has 0 aliphatic heterocycles. The van der Waals surface area contributed by atoms with Crippen molar-refractivity contribution in [3.8, 4) is 6.07 Å². The molecule has 1 aromatic rings. The van der Waals surface area contributed by atoms with Gasteiger partial charge >= 0.3 is 0 Å². The van der Waals surface area contributed by atoms with Gasteiger partial charge in [-0.25, -0.2) is 0 Å². The van der Waals surface area contributed by atoms with Gasteiger partial charge in [0.05, 0.1) is 11.6 Å². The number of nitriles is 1. The Kier molecular flexibility index (Phi) is 8.62. The van der Waals surface area contributed by atoms with Crippen LogP contribution in [0.5, 0.6) is 0 Å². The topological polar surface area (TPSA) is 40.9 Å². The zero-order valence-corrected chi connectivity index (χ0v) is 15.1. The van der Waals surface area contributed by atoms with Gasteiger partial charge in [0, 0.05) is 12.3 Å². The van der Waals surface area contributed by atoms with E-state index in [1.54, 1.807) is 0 Å². The lowest BCUT2D eigenvalue weighted by Gasteiger charge is -2.27. The van der Waals surface area contributed by atoms with Crippen LogP contribution in [-0.4, -0.2) is 5.78 Å². The molecule has 0 spiro atoms. The van der Waals surface area contributed by atoms with Crippen molar-refractivity contribution in [2.75, 3.05) is 0 Å². The Hall–Kier alpha value is -1.62. The molecule has 2 heteroatoms. The number of carbonyl (C=O) groups excluding carboxylic acids is 1. The van der Waals surface area contributed by atoms with E-state index in [-0.39, 0.29) is 5.92 Å². The monoisotopic (exact) mass is 313 g/mol. The molecular formula is C21H31NO. The summed E-state index contributed by atoms with van der Waals surface area (Å²) in [5, 5.41) is 9.09. The highest BCUT2D eigenvalue weighted by Gasteiger charge is 2.27. The molecule has 1 aromatic carbocycles. The van der Waals surface area contributed by atoms with Crippen molar-refractivity contribution in [2.24, 2.45) is 17.8 Å². The molecule has 0 saturated carbocycles. The van der Waals surface area contributed by atoms with E-state index in [2.05, 4.69) is 33.8 Å². The molecule has 0 aliphatic rings. The van der Waals surface area contributed by atoms with Crippen LogP contribution >= 0.6 is 0 Å². The van der Waals surface area contributed by atoms with Crippen molar-refractivity contribution in [1.82, 2.24) is 0 Å². The lowest BCUT2D eigenvalue weighted by atomic mass is 9.77. The van der Waals surface area contributed by atoms with Crippen LogP contribution in [0.4, 0.5) is 0 Å². The maximum atomic E-state index is 12.8. The average molecular weight is 313 g/mol. The SMILES string of the molecule is CCCC(CCC)C(Cc1cccc(C#N)c1)C(=O)CC(C)C. The third-order valence-corrected chi connectivity index (χ3v) is 4.42. The Morgan fingerprint density at radius 2 is 1.83 bits per heavy atom. The van der Waals surface area contributed by atoms with Crippen molar-refractivity contribution in [1.29, 1.82) is 5.26 Å². The summed E-state index contributed by atoms with van der Waals surface area (Å²) in [5.41, 5.74) is 1.79. The fraction of sp³-hybridized carbons (Fsp3) is 0.619. The smallest absolute Gasteiger partial charge is 0.136 e. The second-order valence-electron chi connectivity index (χ2n) is 7.02. The quantitative estimate of drug-likeness (QED) is 0.568. The molecule has 0 aromatic heterocycles. The highest BCUT2D eigenvalue weighted by atomic mass is 16.1. The third-order valence-electron chi connectivity index (χ3n) is 4.42. The molecule has 0 aliphatic carbocycles. The second kappa shape index (κ2) is 10.2. The Labute approximate surface area is 141 Å². The standard InChI is InChI=1S/C21H31NO/c1-5-8-19(9-6-2)20(21(23)12-16(3)4)14-17-10-7-11-18(13-17)15-22/h7,10-11,13,16,19-20H,5-6,8-9,12,14H2,1-4H3. The van der Waals surface area contributed by atoms with Gasteiger partial charge in [-0.15, -0.1) is 0 Å². The van der Waals surface area contributed by atoms with E-state index >= 15 is 0 Å². The number of Topliss-reactive ketones (excluding diaryl/α,β-unsaturated/α-hetero) is 1. The normalized spacial score (nSPS) is 12.4. The van der Waals surface area contributed by atoms with Gasteiger partial charge in [-0.1, -0.05) is 65.5 Å². The van der Waals surface area contributed by atoms with E-state index in [4.69, 9.17) is 5.26 Å². The van der Waals surface area contributed by atoms with Crippen LogP contribution in [0.1, 0.15) is 70.9 Å². The summed E-state index contributed by atoms with van der Waals surface area (Å²) in [6, 6.07) is 9.93. The van der Waals surface area contributed by atoms with Crippen LogP contribution in [0, 0.1) is 29.1 Å². The van der Waals surface area contributed by atoms with Crippen LogP contribution in [0.15, 0.2) is 24.3 Å². The molecule has 0 N–H and O–H groups in total. The van der Waals surface area contributed by atoms with Crippen molar-refractivity contribution in [3.05, 3.63) is 35.4 Å². The summed E-state index contributed by atoms with van der Waals surface area (Å²) in [5.74, 6) is 1.35. The van der Waals surface area contributed by atoms with E-state index in [9.17, 15) is 4.79 Å². The van der Waals surface area contributed by atoms with E-state index < -0.39 is 0 Å². The van der Waals surface area contributed by atoms with Gasteiger partial charge < -0.3 is 0 Å². The fourth-order valence-corrected chi connectivity index (χ4v) is 3.41. The summed E-state index contributed by atoms with van der Waals surface area (Å²) >= 11 is 0. The van der Waals surface area contributed by atoms with Crippen LogP contribution < -0.4 is 0 Å². The number of nitrogens with zero attached hydrogens (tertiary/aromatic N) is 1. The molecule has 0 fully saturated rings. The van der Waals surface area contributed by atoms with Crippen LogP contribution in [0.2, 0.25) is 0 Å².